The van der Waals surface area contributed by atoms with E-state index >= 15 is 0 Å². The van der Waals surface area contributed by atoms with E-state index in [2.05, 4.69) is 15.6 Å². The first-order chi connectivity index (χ1) is 13.2. The highest BCUT2D eigenvalue weighted by molar-refractivity contribution is 5.93. The van der Waals surface area contributed by atoms with Gasteiger partial charge in [0.05, 0.1) is 0 Å². The molecule has 27 heavy (non-hydrogen) atoms. The molecule has 0 bridgehead atoms. The summed E-state index contributed by atoms with van der Waals surface area (Å²) in [7, 11) is 0. The number of rotatable bonds is 5. The van der Waals surface area contributed by atoms with Crippen LogP contribution in [-0.2, 0) is 6.54 Å². The summed E-state index contributed by atoms with van der Waals surface area (Å²) in [5.41, 5.74) is 4.22. The third kappa shape index (κ3) is 4.00. The van der Waals surface area contributed by atoms with Gasteiger partial charge < -0.3 is 20.1 Å². The average Bonchev–Trinajstić information content (AvgIpc) is 3.14. The second-order valence-electron chi connectivity index (χ2n) is 6.29. The predicted octanol–water partition coefficient (Wildman–Crippen LogP) is 3.79. The van der Waals surface area contributed by atoms with Crippen LogP contribution in [0.25, 0.3) is 0 Å². The average molecular weight is 361 g/mol. The topological polar surface area (TPSA) is 72.5 Å². The van der Waals surface area contributed by atoms with Crippen LogP contribution in [-0.4, -0.2) is 17.7 Å². The zero-order valence-electron chi connectivity index (χ0n) is 14.9. The minimum atomic E-state index is -0.236. The Hall–Kier alpha value is -3.54. The summed E-state index contributed by atoms with van der Waals surface area (Å²) in [5, 5.41) is 6.17. The highest BCUT2D eigenvalue weighted by Gasteiger charge is 2.14. The molecular formula is C21H19N3O3. The normalized spacial score (nSPS) is 11.9. The van der Waals surface area contributed by atoms with Gasteiger partial charge in [-0.2, -0.15) is 0 Å². The zero-order valence-corrected chi connectivity index (χ0v) is 14.9. The highest BCUT2D eigenvalue weighted by atomic mass is 16.7. The van der Waals surface area contributed by atoms with Gasteiger partial charge in [0.25, 0.3) is 5.91 Å². The molecule has 2 aromatic carbocycles. The Morgan fingerprint density at radius 2 is 1.89 bits per heavy atom. The van der Waals surface area contributed by atoms with Crippen LogP contribution in [0.3, 0.4) is 0 Å². The van der Waals surface area contributed by atoms with Crippen molar-refractivity contribution in [2.24, 2.45) is 0 Å². The molecule has 0 fully saturated rings. The Bertz CT molecular complexity index is 988. The van der Waals surface area contributed by atoms with Crippen molar-refractivity contribution in [2.45, 2.75) is 13.5 Å². The SMILES string of the molecule is Cc1cccc(Nc2ccnc(C(=O)NCc3ccc4c(c3)OCO4)c2)c1. The molecule has 6 nitrogen and oxygen atoms in total. The van der Waals surface area contributed by atoms with E-state index in [1.165, 1.54) is 0 Å². The van der Waals surface area contributed by atoms with E-state index in [1.54, 1.807) is 12.3 Å². The second-order valence-corrected chi connectivity index (χ2v) is 6.29. The van der Waals surface area contributed by atoms with Crippen LogP contribution < -0.4 is 20.1 Å². The van der Waals surface area contributed by atoms with Crippen LogP contribution in [0, 0.1) is 6.92 Å². The molecule has 3 aromatic rings. The van der Waals surface area contributed by atoms with Crippen LogP contribution in [0.1, 0.15) is 21.6 Å². The van der Waals surface area contributed by atoms with Crippen LogP contribution in [0.4, 0.5) is 11.4 Å². The van der Waals surface area contributed by atoms with Gasteiger partial charge >= 0.3 is 0 Å². The number of nitrogens with zero attached hydrogens (tertiary/aromatic N) is 1. The van der Waals surface area contributed by atoms with E-state index in [0.717, 1.165) is 28.3 Å². The molecule has 0 aliphatic carbocycles. The second kappa shape index (κ2) is 7.37. The lowest BCUT2D eigenvalue weighted by molar-refractivity contribution is 0.0946. The summed E-state index contributed by atoms with van der Waals surface area (Å²) >= 11 is 0. The fourth-order valence-corrected chi connectivity index (χ4v) is 2.85. The van der Waals surface area contributed by atoms with E-state index in [9.17, 15) is 4.79 Å². The van der Waals surface area contributed by atoms with Crippen molar-refractivity contribution < 1.29 is 14.3 Å². The van der Waals surface area contributed by atoms with Gasteiger partial charge in [0, 0.05) is 24.1 Å². The lowest BCUT2D eigenvalue weighted by Gasteiger charge is -2.09. The van der Waals surface area contributed by atoms with Crippen molar-refractivity contribution in [1.29, 1.82) is 0 Å². The number of amides is 1. The van der Waals surface area contributed by atoms with Gasteiger partial charge in [-0.1, -0.05) is 18.2 Å². The van der Waals surface area contributed by atoms with Crippen LogP contribution in [0.5, 0.6) is 11.5 Å². The molecule has 1 aromatic heterocycles. The number of carbonyl (C=O) groups is 1. The van der Waals surface area contributed by atoms with E-state index in [1.807, 2.05) is 55.5 Å². The van der Waals surface area contributed by atoms with Crippen molar-refractivity contribution in [3.63, 3.8) is 0 Å². The van der Waals surface area contributed by atoms with E-state index in [-0.39, 0.29) is 12.7 Å². The van der Waals surface area contributed by atoms with E-state index in [0.29, 0.717) is 18.0 Å². The Morgan fingerprint density at radius 1 is 1.04 bits per heavy atom. The first kappa shape index (κ1) is 16.9. The molecule has 0 saturated carbocycles. The molecule has 1 aliphatic rings. The first-order valence-corrected chi connectivity index (χ1v) is 8.64. The quantitative estimate of drug-likeness (QED) is 0.723. The number of fused-ring (bicyclic) bond motifs is 1. The molecule has 4 rings (SSSR count). The number of aryl methyl sites for hydroxylation is 1. The Labute approximate surface area is 157 Å². The van der Waals surface area contributed by atoms with Crippen LogP contribution in [0.15, 0.2) is 60.8 Å². The lowest BCUT2D eigenvalue weighted by atomic mass is 10.2. The van der Waals surface area contributed by atoms with E-state index in [4.69, 9.17) is 9.47 Å². The lowest BCUT2D eigenvalue weighted by Crippen LogP contribution is -2.23. The number of ether oxygens (including phenoxy) is 2. The number of pyridine rings is 1. The molecule has 0 unspecified atom stereocenters. The van der Waals surface area contributed by atoms with Gasteiger partial charge in [0.15, 0.2) is 11.5 Å². The number of anilines is 2. The minimum Gasteiger partial charge on any atom is -0.454 e. The number of benzene rings is 2. The van der Waals surface area contributed by atoms with Crippen molar-refractivity contribution in [1.82, 2.24) is 10.3 Å². The van der Waals surface area contributed by atoms with Gasteiger partial charge in [-0.05, 0) is 54.4 Å². The van der Waals surface area contributed by atoms with Crippen molar-refractivity contribution >= 4 is 17.3 Å². The summed E-state index contributed by atoms with van der Waals surface area (Å²) in [5.74, 6) is 1.19. The van der Waals surface area contributed by atoms with Crippen LogP contribution >= 0.6 is 0 Å². The molecule has 6 heteroatoms. The van der Waals surface area contributed by atoms with E-state index < -0.39 is 0 Å². The number of hydrogen-bond acceptors (Lipinski definition) is 5. The largest absolute Gasteiger partial charge is 0.454 e. The summed E-state index contributed by atoms with van der Waals surface area (Å²) in [4.78, 5) is 16.6. The Balaban J connectivity index is 1.41. The summed E-state index contributed by atoms with van der Waals surface area (Å²) < 4.78 is 10.6. The number of carbonyl (C=O) groups excluding carboxylic acids is 1. The number of aromatic nitrogens is 1. The fourth-order valence-electron chi connectivity index (χ4n) is 2.85. The monoisotopic (exact) mass is 361 g/mol. The molecular weight excluding hydrogens is 342 g/mol. The molecule has 0 spiro atoms. The Morgan fingerprint density at radius 3 is 2.78 bits per heavy atom. The van der Waals surface area contributed by atoms with Crippen LogP contribution in [0.2, 0.25) is 0 Å². The molecule has 0 saturated heterocycles. The zero-order chi connectivity index (χ0) is 18.6. The number of hydrogen-bond donors (Lipinski definition) is 2. The molecule has 1 amide bonds. The number of nitrogens with one attached hydrogen (secondary N) is 2. The van der Waals surface area contributed by atoms with Gasteiger partial charge in [-0.25, -0.2) is 0 Å². The molecule has 1 aliphatic heterocycles. The maximum absolute atomic E-state index is 12.5. The molecule has 0 radical (unpaired) electrons. The molecule has 0 atom stereocenters. The van der Waals surface area contributed by atoms with Gasteiger partial charge in [-0.3, -0.25) is 9.78 Å². The predicted molar refractivity (Wildman–Crippen MR) is 102 cm³/mol. The van der Waals surface area contributed by atoms with Crippen molar-refractivity contribution in [3.8, 4) is 11.5 Å². The summed E-state index contributed by atoms with van der Waals surface area (Å²) in [6.45, 7) is 2.65. The molecule has 136 valence electrons. The third-order valence-electron chi connectivity index (χ3n) is 4.19. The maximum Gasteiger partial charge on any atom is 0.270 e. The first-order valence-electron chi connectivity index (χ1n) is 8.64. The maximum atomic E-state index is 12.5. The molecule has 2 heterocycles. The fraction of sp³-hybridized carbons (Fsp3) is 0.143. The third-order valence-corrected chi connectivity index (χ3v) is 4.19. The summed E-state index contributed by atoms with van der Waals surface area (Å²) in [6, 6.07) is 17.2. The van der Waals surface area contributed by atoms with Gasteiger partial charge in [0.2, 0.25) is 6.79 Å². The minimum absolute atomic E-state index is 0.232. The van der Waals surface area contributed by atoms with Crippen molar-refractivity contribution in [3.05, 3.63) is 77.6 Å². The molecule has 2 N–H and O–H groups in total. The summed E-state index contributed by atoms with van der Waals surface area (Å²) in [6.07, 6.45) is 1.62. The smallest absolute Gasteiger partial charge is 0.270 e. The highest BCUT2D eigenvalue weighted by Crippen LogP contribution is 2.32. The Kier molecular flexibility index (Phi) is 4.61. The van der Waals surface area contributed by atoms with Gasteiger partial charge in [0.1, 0.15) is 5.69 Å². The van der Waals surface area contributed by atoms with Crippen molar-refractivity contribution in [2.75, 3.05) is 12.1 Å². The van der Waals surface area contributed by atoms with Gasteiger partial charge in [-0.15, -0.1) is 0 Å². The standard InChI is InChI=1S/C21H19N3O3/c1-14-3-2-4-16(9-14)24-17-7-8-22-18(11-17)21(25)23-12-15-5-6-19-20(10-15)27-13-26-19/h2-11H,12-13H2,1H3,(H,22,24)(H,23,25).